The molecule has 0 saturated heterocycles. The average Bonchev–Trinajstić information content (AvgIpc) is 2.70. The second-order valence-electron chi connectivity index (χ2n) is 4.71. The molecule has 0 aliphatic carbocycles. The monoisotopic (exact) mass is 297 g/mol. The molecule has 5 heteroatoms. The van der Waals surface area contributed by atoms with E-state index in [1.165, 1.54) is 0 Å². The van der Waals surface area contributed by atoms with Gasteiger partial charge in [-0.2, -0.15) is 5.10 Å². The number of likely N-dealkylation sites (N-methyl/N-ethyl adjacent to an activating group) is 1. The molecule has 0 fully saturated rings. The minimum Gasteiger partial charge on any atom is -0.340 e. The predicted molar refractivity (Wildman–Crippen MR) is 83.8 cm³/mol. The van der Waals surface area contributed by atoms with Crippen molar-refractivity contribution < 1.29 is 4.79 Å². The van der Waals surface area contributed by atoms with Crippen molar-refractivity contribution in [3.8, 4) is 0 Å². The van der Waals surface area contributed by atoms with E-state index in [4.69, 9.17) is 11.6 Å². The lowest BCUT2D eigenvalue weighted by Gasteiger charge is -2.15. The summed E-state index contributed by atoms with van der Waals surface area (Å²) in [6.45, 7) is 10.2. The topological polar surface area (TPSA) is 38.1 Å². The molecule has 0 radical (unpaired) electrons. The molecule has 1 heterocycles. The van der Waals surface area contributed by atoms with E-state index >= 15 is 0 Å². The van der Waals surface area contributed by atoms with Crippen LogP contribution in [0, 0.1) is 6.92 Å². The number of rotatable bonds is 7. The van der Waals surface area contributed by atoms with E-state index in [0.29, 0.717) is 18.2 Å². The standard InChI is InChI=1S/C15H24ClN3O/c1-5-8-11-19-15(16)13(12(4)17-19)9-10-14(20)18(6-2)7-3/h9-10H,5-8,11H2,1-4H3. The Kier molecular flexibility index (Phi) is 6.79. The molecular weight excluding hydrogens is 274 g/mol. The molecule has 1 aromatic rings. The SMILES string of the molecule is CCCCn1nc(C)c(C=CC(=O)N(CC)CC)c1Cl. The van der Waals surface area contributed by atoms with Crippen LogP contribution in [0.4, 0.5) is 0 Å². The molecule has 1 amide bonds. The number of carbonyl (C=O) groups is 1. The Morgan fingerprint density at radius 1 is 1.35 bits per heavy atom. The summed E-state index contributed by atoms with van der Waals surface area (Å²) in [4.78, 5) is 13.7. The Bertz CT molecular complexity index is 476. The van der Waals surface area contributed by atoms with E-state index < -0.39 is 0 Å². The van der Waals surface area contributed by atoms with Crippen molar-refractivity contribution >= 4 is 23.6 Å². The summed E-state index contributed by atoms with van der Waals surface area (Å²) < 4.78 is 1.81. The fourth-order valence-corrected chi connectivity index (χ4v) is 2.33. The minimum atomic E-state index is 0.00627. The number of aryl methyl sites for hydroxylation is 2. The van der Waals surface area contributed by atoms with Crippen LogP contribution < -0.4 is 0 Å². The van der Waals surface area contributed by atoms with Crippen LogP contribution in [0.5, 0.6) is 0 Å². The summed E-state index contributed by atoms with van der Waals surface area (Å²) in [5, 5.41) is 5.03. The molecule has 1 rings (SSSR count). The zero-order valence-corrected chi connectivity index (χ0v) is 13.6. The van der Waals surface area contributed by atoms with Gasteiger partial charge in [-0.15, -0.1) is 0 Å². The van der Waals surface area contributed by atoms with Gasteiger partial charge in [0.15, 0.2) is 0 Å². The third-order valence-corrected chi connectivity index (χ3v) is 3.70. The summed E-state index contributed by atoms with van der Waals surface area (Å²) >= 11 is 6.32. The summed E-state index contributed by atoms with van der Waals surface area (Å²) in [5.74, 6) is 0.00627. The number of amides is 1. The smallest absolute Gasteiger partial charge is 0.246 e. The molecular formula is C15H24ClN3O. The number of aromatic nitrogens is 2. The van der Waals surface area contributed by atoms with Crippen molar-refractivity contribution in [2.75, 3.05) is 13.1 Å². The van der Waals surface area contributed by atoms with Crippen LogP contribution in [0.1, 0.15) is 44.9 Å². The molecule has 0 aliphatic rings. The van der Waals surface area contributed by atoms with Gasteiger partial charge in [-0.1, -0.05) is 24.9 Å². The van der Waals surface area contributed by atoms with E-state index in [2.05, 4.69) is 12.0 Å². The average molecular weight is 298 g/mol. The van der Waals surface area contributed by atoms with Crippen molar-refractivity contribution in [3.05, 3.63) is 22.5 Å². The van der Waals surface area contributed by atoms with Crippen LogP contribution in [-0.2, 0) is 11.3 Å². The lowest BCUT2D eigenvalue weighted by atomic mass is 10.2. The Hall–Kier alpha value is -1.29. The fraction of sp³-hybridized carbons (Fsp3) is 0.600. The maximum absolute atomic E-state index is 11.9. The number of carbonyl (C=O) groups excluding carboxylic acids is 1. The summed E-state index contributed by atoms with van der Waals surface area (Å²) in [6, 6.07) is 0. The molecule has 0 unspecified atom stereocenters. The highest BCUT2D eigenvalue weighted by Crippen LogP contribution is 2.21. The largest absolute Gasteiger partial charge is 0.340 e. The van der Waals surface area contributed by atoms with Crippen molar-refractivity contribution in [2.24, 2.45) is 0 Å². The maximum Gasteiger partial charge on any atom is 0.246 e. The predicted octanol–water partition coefficient (Wildman–Crippen LogP) is 3.53. The molecule has 4 nitrogen and oxygen atoms in total. The molecule has 0 spiro atoms. The van der Waals surface area contributed by atoms with Gasteiger partial charge in [0.2, 0.25) is 5.91 Å². The zero-order chi connectivity index (χ0) is 15.1. The fourth-order valence-electron chi connectivity index (χ4n) is 2.01. The second-order valence-corrected chi connectivity index (χ2v) is 5.07. The van der Waals surface area contributed by atoms with Gasteiger partial charge in [0, 0.05) is 31.3 Å². The Morgan fingerprint density at radius 2 is 2.00 bits per heavy atom. The third-order valence-electron chi connectivity index (χ3n) is 3.30. The first-order chi connectivity index (χ1) is 9.54. The van der Waals surface area contributed by atoms with Gasteiger partial charge >= 0.3 is 0 Å². The molecule has 0 atom stereocenters. The lowest BCUT2D eigenvalue weighted by molar-refractivity contribution is -0.125. The first-order valence-corrected chi connectivity index (χ1v) is 7.62. The molecule has 0 saturated carbocycles. The molecule has 1 aromatic heterocycles. The van der Waals surface area contributed by atoms with Crippen LogP contribution >= 0.6 is 11.6 Å². The number of halogens is 1. The quantitative estimate of drug-likeness (QED) is 0.722. The van der Waals surface area contributed by atoms with Crippen LogP contribution in [0.25, 0.3) is 6.08 Å². The highest BCUT2D eigenvalue weighted by Gasteiger charge is 2.12. The molecule has 20 heavy (non-hydrogen) atoms. The Balaban J connectivity index is 2.87. The molecule has 0 aliphatic heterocycles. The van der Waals surface area contributed by atoms with Crippen LogP contribution in [0.15, 0.2) is 6.08 Å². The molecule has 0 bridgehead atoms. The van der Waals surface area contributed by atoms with Crippen LogP contribution in [-0.4, -0.2) is 33.7 Å². The van der Waals surface area contributed by atoms with E-state index in [0.717, 1.165) is 30.6 Å². The van der Waals surface area contributed by atoms with Gasteiger partial charge < -0.3 is 4.90 Å². The van der Waals surface area contributed by atoms with E-state index in [1.54, 1.807) is 17.1 Å². The van der Waals surface area contributed by atoms with E-state index in [1.807, 2.05) is 25.5 Å². The first kappa shape index (κ1) is 16.8. The maximum atomic E-state index is 11.9. The molecule has 0 aromatic carbocycles. The van der Waals surface area contributed by atoms with E-state index in [9.17, 15) is 4.79 Å². The van der Waals surface area contributed by atoms with Crippen molar-refractivity contribution in [2.45, 2.75) is 47.1 Å². The summed E-state index contributed by atoms with van der Waals surface area (Å²) in [5.41, 5.74) is 1.69. The highest BCUT2D eigenvalue weighted by molar-refractivity contribution is 6.31. The van der Waals surface area contributed by atoms with Gasteiger partial charge in [0.25, 0.3) is 0 Å². The highest BCUT2D eigenvalue weighted by atomic mass is 35.5. The van der Waals surface area contributed by atoms with Crippen LogP contribution in [0.2, 0.25) is 5.15 Å². The van der Waals surface area contributed by atoms with Crippen molar-refractivity contribution in [1.82, 2.24) is 14.7 Å². The first-order valence-electron chi connectivity index (χ1n) is 7.24. The lowest BCUT2D eigenvalue weighted by Crippen LogP contribution is -2.28. The number of hydrogen-bond acceptors (Lipinski definition) is 2. The van der Waals surface area contributed by atoms with Gasteiger partial charge in [-0.25, -0.2) is 0 Å². The number of hydrogen-bond donors (Lipinski definition) is 0. The number of unbranched alkanes of at least 4 members (excludes halogenated alkanes) is 1. The van der Waals surface area contributed by atoms with E-state index in [-0.39, 0.29) is 5.91 Å². The van der Waals surface area contributed by atoms with Crippen LogP contribution in [0.3, 0.4) is 0 Å². The minimum absolute atomic E-state index is 0.00627. The van der Waals surface area contributed by atoms with Gasteiger partial charge in [-0.3, -0.25) is 9.48 Å². The third kappa shape index (κ3) is 4.10. The zero-order valence-electron chi connectivity index (χ0n) is 12.8. The Morgan fingerprint density at radius 3 is 2.55 bits per heavy atom. The van der Waals surface area contributed by atoms with Gasteiger partial charge in [-0.05, 0) is 33.3 Å². The van der Waals surface area contributed by atoms with Crippen molar-refractivity contribution in [1.29, 1.82) is 0 Å². The van der Waals surface area contributed by atoms with Gasteiger partial charge in [0.05, 0.1) is 5.69 Å². The summed E-state index contributed by atoms with van der Waals surface area (Å²) in [6.07, 6.45) is 5.49. The van der Waals surface area contributed by atoms with Crippen molar-refractivity contribution in [3.63, 3.8) is 0 Å². The second kappa shape index (κ2) is 8.10. The molecule has 112 valence electrons. The summed E-state index contributed by atoms with van der Waals surface area (Å²) in [7, 11) is 0. The molecule has 0 N–H and O–H groups in total. The number of nitrogens with zero attached hydrogens (tertiary/aromatic N) is 3. The van der Waals surface area contributed by atoms with Gasteiger partial charge in [0.1, 0.15) is 5.15 Å². The normalized spacial score (nSPS) is 11.2. The Labute approximate surface area is 126 Å².